The smallest absolute Gasteiger partial charge is 0.159 e. The third kappa shape index (κ3) is 3.72. The number of ketones is 2. The van der Waals surface area contributed by atoms with Crippen molar-refractivity contribution < 1.29 is 30.0 Å². The molecule has 0 aromatic carbocycles. The van der Waals surface area contributed by atoms with Gasteiger partial charge in [0.1, 0.15) is 11.4 Å². The Labute approximate surface area is 216 Å². The molecule has 9 atom stereocenters. The van der Waals surface area contributed by atoms with E-state index in [1.165, 1.54) is 6.92 Å². The average Bonchev–Trinajstić information content (AvgIpc) is 3.06. The van der Waals surface area contributed by atoms with Crippen molar-refractivity contribution in [1.82, 2.24) is 0 Å². The first-order valence-electron chi connectivity index (χ1n) is 14.0. The maximum absolute atomic E-state index is 13.9. The van der Waals surface area contributed by atoms with Gasteiger partial charge in [0.25, 0.3) is 0 Å². The number of hydrogen-bond donors (Lipinski definition) is 4. The molecular weight excluding hydrogens is 456 g/mol. The Hall–Kier alpha value is -1.08. The highest BCUT2D eigenvalue weighted by molar-refractivity contribution is 6.01. The van der Waals surface area contributed by atoms with E-state index in [0.29, 0.717) is 38.5 Å². The minimum absolute atomic E-state index is 0.0861. The van der Waals surface area contributed by atoms with E-state index in [0.717, 1.165) is 24.0 Å². The van der Waals surface area contributed by atoms with E-state index in [9.17, 15) is 30.0 Å². The summed E-state index contributed by atoms with van der Waals surface area (Å²) in [5.41, 5.74) is -1.29. The molecule has 6 nitrogen and oxygen atoms in total. The molecule has 0 saturated heterocycles. The van der Waals surface area contributed by atoms with Crippen LogP contribution in [0.25, 0.3) is 0 Å². The zero-order chi connectivity index (χ0) is 27.1. The van der Waals surface area contributed by atoms with Crippen LogP contribution in [0.2, 0.25) is 0 Å². The molecule has 0 aromatic heterocycles. The van der Waals surface area contributed by atoms with Crippen LogP contribution in [-0.4, -0.2) is 56.4 Å². The first-order chi connectivity index (χ1) is 16.5. The van der Waals surface area contributed by atoms with Crippen LogP contribution < -0.4 is 0 Å². The summed E-state index contributed by atoms with van der Waals surface area (Å²) in [6.45, 7) is 13.7. The van der Waals surface area contributed by atoms with Crippen LogP contribution in [0.15, 0.2) is 11.1 Å². The number of aliphatic hydroxyl groups is 4. The minimum Gasteiger partial charge on any atom is -0.393 e. The number of carbonyl (C=O) groups excluding carboxylic acids is 2. The van der Waals surface area contributed by atoms with Crippen LogP contribution in [0.1, 0.15) is 99.8 Å². The number of rotatable bonds is 6. The summed E-state index contributed by atoms with van der Waals surface area (Å²) in [5.74, 6) is 0.742. The molecule has 2 fully saturated rings. The molecule has 0 bridgehead atoms. The van der Waals surface area contributed by atoms with Crippen LogP contribution in [-0.2, 0) is 9.59 Å². The Morgan fingerprint density at radius 3 is 2.33 bits per heavy atom. The summed E-state index contributed by atoms with van der Waals surface area (Å²) in [4.78, 5) is 26.8. The molecule has 4 N–H and O–H groups in total. The molecule has 9 unspecified atom stereocenters. The quantitative estimate of drug-likeness (QED) is 0.435. The number of hydrogen-bond acceptors (Lipinski definition) is 6. The number of fused-ring (bicyclic) bond motifs is 4. The average molecular weight is 505 g/mol. The van der Waals surface area contributed by atoms with Crippen LogP contribution >= 0.6 is 0 Å². The van der Waals surface area contributed by atoms with Gasteiger partial charge in [0.05, 0.1) is 18.8 Å². The molecule has 36 heavy (non-hydrogen) atoms. The van der Waals surface area contributed by atoms with E-state index in [1.54, 1.807) is 0 Å². The Bertz CT molecular complexity index is 964. The monoisotopic (exact) mass is 504 g/mol. The maximum Gasteiger partial charge on any atom is 0.159 e. The van der Waals surface area contributed by atoms with Crippen molar-refractivity contribution in [1.29, 1.82) is 0 Å². The lowest BCUT2D eigenvalue weighted by Crippen LogP contribution is -2.59. The summed E-state index contributed by atoms with van der Waals surface area (Å²) < 4.78 is 0. The highest BCUT2D eigenvalue weighted by atomic mass is 16.4. The van der Waals surface area contributed by atoms with Gasteiger partial charge in [-0.3, -0.25) is 9.59 Å². The van der Waals surface area contributed by atoms with Crippen molar-refractivity contribution in [2.45, 2.75) is 118 Å². The van der Waals surface area contributed by atoms with Gasteiger partial charge in [-0.2, -0.15) is 0 Å². The normalized spacial score (nSPS) is 43.4. The summed E-state index contributed by atoms with van der Waals surface area (Å²) in [7, 11) is 0. The predicted molar refractivity (Wildman–Crippen MR) is 138 cm³/mol. The van der Waals surface area contributed by atoms with E-state index < -0.39 is 29.8 Å². The van der Waals surface area contributed by atoms with Crippen molar-refractivity contribution in [2.24, 2.45) is 39.4 Å². The lowest BCUT2D eigenvalue weighted by molar-refractivity contribution is -0.144. The van der Waals surface area contributed by atoms with Crippen molar-refractivity contribution in [3.8, 4) is 0 Å². The maximum atomic E-state index is 13.9. The van der Waals surface area contributed by atoms with Crippen molar-refractivity contribution in [3.63, 3.8) is 0 Å². The largest absolute Gasteiger partial charge is 0.393 e. The third-order valence-electron chi connectivity index (χ3n) is 11.9. The number of Topliss-reactive ketones (excluding diaryl/α,β-unsaturated/α-hetero) is 2. The molecule has 0 aliphatic heterocycles. The number of aliphatic hydroxyl groups excluding tert-OH is 3. The van der Waals surface area contributed by atoms with E-state index in [2.05, 4.69) is 27.7 Å². The highest BCUT2D eigenvalue weighted by Crippen LogP contribution is 2.71. The molecule has 6 heteroatoms. The number of carbonyl (C=O) groups is 2. The van der Waals surface area contributed by atoms with Crippen LogP contribution in [0.4, 0.5) is 0 Å². The highest BCUT2D eigenvalue weighted by Gasteiger charge is 2.67. The summed E-state index contributed by atoms with van der Waals surface area (Å²) in [6, 6.07) is 0. The standard InChI is InChI=1S/C30H48O6/c1-17(8-9-23(35)30(7,36)16-31)18-10-13-28(5)25-19(32)14-21-26(2,3)22(34)11-12-27(21,4)24(25)20(33)15-29(18,28)6/h17-18,20-21,23,31,33,35-36H,8-16H2,1-7H3. The van der Waals surface area contributed by atoms with Gasteiger partial charge in [-0.25, -0.2) is 0 Å². The fraction of sp³-hybridized carbons (Fsp3) is 0.867. The van der Waals surface area contributed by atoms with Gasteiger partial charge < -0.3 is 20.4 Å². The van der Waals surface area contributed by atoms with Gasteiger partial charge >= 0.3 is 0 Å². The second-order valence-electron chi connectivity index (χ2n) is 14.2. The fourth-order valence-electron chi connectivity index (χ4n) is 9.24. The van der Waals surface area contributed by atoms with Gasteiger partial charge in [0.15, 0.2) is 5.78 Å². The lowest BCUT2D eigenvalue weighted by atomic mass is 9.42. The van der Waals surface area contributed by atoms with E-state index in [-0.39, 0.29) is 45.6 Å². The van der Waals surface area contributed by atoms with Gasteiger partial charge in [-0.15, -0.1) is 0 Å². The van der Waals surface area contributed by atoms with Crippen molar-refractivity contribution in [2.75, 3.05) is 6.61 Å². The molecule has 4 rings (SSSR count). The van der Waals surface area contributed by atoms with Gasteiger partial charge in [0, 0.05) is 29.2 Å². The molecule has 0 heterocycles. The van der Waals surface area contributed by atoms with Gasteiger partial charge in [-0.1, -0.05) is 41.5 Å². The molecule has 0 amide bonds. The van der Waals surface area contributed by atoms with E-state index in [4.69, 9.17) is 0 Å². The summed E-state index contributed by atoms with van der Waals surface area (Å²) in [6.07, 6.45) is 3.35. The second-order valence-corrected chi connectivity index (χ2v) is 14.2. The Balaban J connectivity index is 1.68. The number of allylic oxidation sites excluding steroid dienone is 1. The predicted octanol–water partition coefficient (Wildman–Crippen LogP) is 3.98. The SMILES string of the molecule is CC(CCC(O)C(C)(O)CO)C1CCC2(C)C3=C(C(O)CC12C)C1(C)CCC(=O)C(C)(C)C1CC3=O. The molecule has 4 aliphatic rings. The first kappa shape index (κ1) is 27.9. The van der Waals surface area contributed by atoms with Gasteiger partial charge in [-0.05, 0) is 79.6 Å². The van der Waals surface area contributed by atoms with E-state index >= 15 is 0 Å². The van der Waals surface area contributed by atoms with Crippen LogP contribution in [0, 0.1) is 39.4 Å². The van der Waals surface area contributed by atoms with Gasteiger partial charge in [0.2, 0.25) is 0 Å². The molecule has 0 radical (unpaired) electrons. The van der Waals surface area contributed by atoms with Crippen molar-refractivity contribution >= 4 is 11.6 Å². The van der Waals surface area contributed by atoms with Crippen LogP contribution in [0.3, 0.4) is 0 Å². The Morgan fingerprint density at radius 1 is 1.08 bits per heavy atom. The molecule has 0 aromatic rings. The third-order valence-corrected chi connectivity index (χ3v) is 11.9. The molecule has 204 valence electrons. The summed E-state index contributed by atoms with van der Waals surface area (Å²) in [5, 5.41) is 41.8. The fourth-order valence-corrected chi connectivity index (χ4v) is 9.24. The molecule has 2 saturated carbocycles. The second kappa shape index (κ2) is 8.72. The van der Waals surface area contributed by atoms with Crippen molar-refractivity contribution in [3.05, 3.63) is 11.1 Å². The van der Waals surface area contributed by atoms with Crippen LogP contribution in [0.5, 0.6) is 0 Å². The van der Waals surface area contributed by atoms with E-state index in [1.807, 2.05) is 13.8 Å². The molecule has 4 aliphatic carbocycles. The topological polar surface area (TPSA) is 115 Å². The lowest BCUT2D eigenvalue weighted by Gasteiger charge is -2.61. The zero-order valence-corrected chi connectivity index (χ0v) is 23.4. The molecular formula is C30H48O6. The first-order valence-corrected chi connectivity index (χ1v) is 14.0. The Kier molecular flexibility index (Phi) is 6.77. The Morgan fingerprint density at radius 2 is 1.72 bits per heavy atom. The zero-order valence-electron chi connectivity index (χ0n) is 23.4. The minimum atomic E-state index is -1.52. The molecule has 0 spiro atoms. The summed E-state index contributed by atoms with van der Waals surface area (Å²) >= 11 is 0.